The fourth-order valence-electron chi connectivity index (χ4n) is 0.334. The Morgan fingerprint density at radius 2 is 2.78 bits per heavy atom. The maximum atomic E-state index is 10.1. The molecule has 0 aliphatic rings. The molecule has 0 aliphatic carbocycles. The zero-order chi connectivity index (χ0) is 7.98. The predicted octanol–water partition coefficient (Wildman–Crippen LogP) is 0.151. The minimum absolute atomic E-state index is 0.270. The number of carboxylic acid groups (broad SMARTS) is 1. The van der Waals surface area contributed by atoms with Gasteiger partial charge in [0.1, 0.15) is 6.04 Å². The van der Waals surface area contributed by atoms with Crippen molar-refractivity contribution in [3.05, 3.63) is 0 Å². The third-order valence-electron chi connectivity index (χ3n) is 0.890. The quantitative estimate of drug-likeness (QED) is 0.561. The number of rotatable bonds is 4. The molecule has 1 atom stereocenters. The van der Waals surface area contributed by atoms with Gasteiger partial charge in [0.05, 0.1) is 0 Å². The van der Waals surface area contributed by atoms with Crippen LogP contribution in [-0.4, -0.2) is 29.1 Å². The van der Waals surface area contributed by atoms with Gasteiger partial charge in [0.2, 0.25) is 0 Å². The second kappa shape index (κ2) is 4.64. The van der Waals surface area contributed by atoms with Crippen LogP contribution in [0.2, 0.25) is 0 Å². The fraction of sp³-hybridized carbons (Fsp3) is 0.800. The van der Waals surface area contributed by atoms with Crippen LogP contribution in [0.5, 0.6) is 0 Å². The van der Waals surface area contributed by atoms with E-state index in [4.69, 9.17) is 12.2 Å². The SMILES string of the molecule is [3H]CSCC[C@H](N)C(=O)O. The van der Waals surface area contributed by atoms with Gasteiger partial charge < -0.3 is 10.8 Å². The van der Waals surface area contributed by atoms with Gasteiger partial charge in [-0.05, 0) is 18.4 Å². The Balaban J connectivity index is 3.21. The van der Waals surface area contributed by atoms with Crippen molar-refractivity contribution in [3.63, 3.8) is 0 Å². The van der Waals surface area contributed by atoms with Gasteiger partial charge in [-0.3, -0.25) is 4.79 Å². The van der Waals surface area contributed by atoms with Crippen molar-refractivity contribution in [2.45, 2.75) is 12.5 Å². The summed E-state index contributed by atoms with van der Waals surface area (Å²) in [4.78, 5) is 10.1. The van der Waals surface area contributed by atoms with E-state index in [-0.39, 0.29) is 6.23 Å². The van der Waals surface area contributed by atoms with Gasteiger partial charge in [0.15, 0.2) is 0 Å². The van der Waals surface area contributed by atoms with Crippen LogP contribution in [0.15, 0.2) is 0 Å². The summed E-state index contributed by atoms with van der Waals surface area (Å²) in [6.07, 6.45) is 0.714. The molecule has 0 saturated heterocycles. The summed E-state index contributed by atoms with van der Waals surface area (Å²) < 4.78 is 6.73. The zero-order valence-electron chi connectivity index (χ0n) is 6.04. The van der Waals surface area contributed by atoms with Crippen molar-refractivity contribution in [1.29, 1.82) is 0 Å². The molecule has 0 bridgehead atoms. The predicted molar refractivity (Wildman–Crippen MR) is 38.6 cm³/mol. The van der Waals surface area contributed by atoms with Gasteiger partial charge in [-0.2, -0.15) is 11.8 Å². The Bertz CT molecular complexity index is 112. The smallest absolute Gasteiger partial charge is 0.320 e. The molecule has 0 radical (unpaired) electrons. The highest BCUT2D eigenvalue weighted by Crippen LogP contribution is 1.97. The first-order valence-corrected chi connectivity index (χ1v) is 3.69. The second-order valence-electron chi connectivity index (χ2n) is 1.64. The van der Waals surface area contributed by atoms with Crippen LogP contribution in [0.25, 0.3) is 0 Å². The maximum absolute atomic E-state index is 10.1. The molecular formula is C5H11NO2S. The van der Waals surface area contributed by atoms with Crippen LogP contribution in [-0.2, 0) is 4.79 Å². The molecule has 0 saturated carbocycles. The molecule has 0 aromatic heterocycles. The number of aliphatic carboxylic acids is 1. The van der Waals surface area contributed by atoms with Gasteiger partial charge in [-0.1, -0.05) is 0 Å². The number of nitrogens with two attached hydrogens (primary N) is 1. The average Bonchev–Trinajstić information content (AvgIpc) is 1.88. The topological polar surface area (TPSA) is 63.3 Å². The highest BCUT2D eigenvalue weighted by Gasteiger charge is 2.08. The van der Waals surface area contributed by atoms with Gasteiger partial charge in [-0.15, -0.1) is 0 Å². The lowest BCUT2D eigenvalue weighted by molar-refractivity contribution is -0.138. The zero-order valence-corrected chi connectivity index (χ0v) is 5.86. The number of hydrogen-bond acceptors (Lipinski definition) is 3. The number of hydrogen-bond donors (Lipinski definition) is 2. The Hall–Kier alpha value is -0.220. The van der Waals surface area contributed by atoms with E-state index < -0.39 is 12.0 Å². The standard InChI is InChI=1S/C5H11NO2S/c1-9-3-2-4(6)5(7)8/h4H,2-3,6H2,1H3,(H,7,8)/t4-/m0/s1/i1T. The first kappa shape index (κ1) is 6.89. The third-order valence-corrected chi connectivity index (χ3v) is 1.41. The van der Waals surface area contributed by atoms with E-state index in [1.165, 1.54) is 11.8 Å². The summed E-state index contributed by atoms with van der Waals surface area (Å²) in [5, 5.41) is 8.30. The van der Waals surface area contributed by atoms with Crippen molar-refractivity contribution in [1.82, 2.24) is 0 Å². The van der Waals surface area contributed by atoms with Crippen LogP contribution in [0.3, 0.4) is 0 Å². The molecule has 0 aliphatic heterocycles. The summed E-state index contributed by atoms with van der Waals surface area (Å²) in [6.45, 7) is 0. The first-order chi connectivity index (χ1) is 4.68. The summed E-state index contributed by atoms with van der Waals surface area (Å²) >= 11 is 1.38. The number of carboxylic acids is 1. The maximum Gasteiger partial charge on any atom is 0.320 e. The minimum Gasteiger partial charge on any atom is -0.480 e. The van der Waals surface area contributed by atoms with E-state index in [0.29, 0.717) is 12.2 Å². The van der Waals surface area contributed by atoms with Crippen LogP contribution < -0.4 is 5.73 Å². The molecule has 3 N–H and O–H groups in total. The molecule has 54 valence electrons. The number of thioether (sulfide) groups is 1. The van der Waals surface area contributed by atoms with E-state index >= 15 is 0 Å². The van der Waals surface area contributed by atoms with Crippen molar-refractivity contribution >= 4 is 17.7 Å². The Labute approximate surface area is 60.0 Å². The summed E-state index contributed by atoms with van der Waals surface area (Å²) in [5.41, 5.74) is 5.18. The van der Waals surface area contributed by atoms with Crippen LogP contribution in [0, 0.1) is 0 Å². The second-order valence-corrected chi connectivity index (χ2v) is 2.46. The normalized spacial score (nSPS) is 14.6. The lowest BCUT2D eigenvalue weighted by atomic mass is 10.2. The average molecular weight is 151 g/mol. The summed E-state index contributed by atoms with van der Waals surface area (Å²) in [7, 11) is 0. The molecule has 9 heavy (non-hydrogen) atoms. The van der Waals surface area contributed by atoms with Gasteiger partial charge in [0, 0.05) is 1.37 Å². The Kier molecular flexibility index (Phi) is 3.55. The highest BCUT2D eigenvalue weighted by atomic mass is 32.2. The Morgan fingerprint density at radius 1 is 2.11 bits per heavy atom. The Morgan fingerprint density at radius 3 is 3.22 bits per heavy atom. The largest absolute Gasteiger partial charge is 0.480 e. The van der Waals surface area contributed by atoms with E-state index in [9.17, 15) is 4.79 Å². The van der Waals surface area contributed by atoms with Gasteiger partial charge >= 0.3 is 5.97 Å². The molecule has 0 aromatic rings. The van der Waals surface area contributed by atoms with Crippen molar-refractivity contribution in [2.24, 2.45) is 5.73 Å². The van der Waals surface area contributed by atoms with E-state index in [1.807, 2.05) is 0 Å². The molecule has 4 heteroatoms. The number of carbonyl (C=O) groups is 1. The summed E-state index contributed by atoms with van der Waals surface area (Å²) in [6, 6.07) is -0.765. The van der Waals surface area contributed by atoms with Crippen LogP contribution in [0.4, 0.5) is 0 Å². The minimum atomic E-state index is -0.967. The fourth-order valence-corrected chi connectivity index (χ4v) is 0.754. The first-order valence-electron chi connectivity index (χ1n) is 3.24. The van der Waals surface area contributed by atoms with Crippen LogP contribution >= 0.6 is 11.8 Å². The molecule has 0 rings (SSSR count). The molecule has 0 spiro atoms. The molecule has 0 aromatic carbocycles. The van der Waals surface area contributed by atoms with E-state index in [1.54, 1.807) is 0 Å². The molecule has 0 fully saturated rings. The van der Waals surface area contributed by atoms with Gasteiger partial charge in [0.25, 0.3) is 0 Å². The molecule has 3 nitrogen and oxygen atoms in total. The van der Waals surface area contributed by atoms with Gasteiger partial charge in [-0.25, -0.2) is 0 Å². The van der Waals surface area contributed by atoms with Crippen molar-refractivity contribution in [2.75, 3.05) is 12.0 Å². The van der Waals surface area contributed by atoms with E-state index in [0.717, 1.165) is 0 Å². The summed E-state index contributed by atoms with van der Waals surface area (Å²) in [5.74, 6) is -0.317. The lowest BCUT2D eigenvalue weighted by Gasteiger charge is -2.02. The third kappa shape index (κ3) is 4.29. The highest BCUT2D eigenvalue weighted by molar-refractivity contribution is 7.98. The molecule has 0 heterocycles. The van der Waals surface area contributed by atoms with Crippen molar-refractivity contribution in [3.8, 4) is 0 Å². The lowest BCUT2D eigenvalue weighted by Crippen LogP contribution is -2.30. The van der Waals surface area contributed by atoms with Crippen molar-refractivity contribution < 1.29 is 11.3 Å². The molecule has 0 unspecified atom stereocenters. The monoisotopic (exact) mass is 151 g/mol. The molecule has 0 amide bonds. The van der Waals surface area contributed by atoms with Crippen LogP contribution in [0.1, 0.15) is 7.79 Å². The molecular weight excluding hydrogens is 138 g/mol. The van der Waals surface area contributed by atoms with E-state index in [2.05, 4.69) is 0 Å².